The monoisotopic (exact) mass is 321 g/mol. The molecule has 0 N–H and O–H groups in total. The first-order valence-corrected chi connectivity index (χ1v) is 9.22. The molecular weight excluding hydrogens is 298 g/mol. The molecule has 1 aromatic heterocycles. The fraction of sp³-hybridized carbons (Fsp3) is 0.706. The number of hydrogen-bond donors (Lipinski definition) is 0. The maximum atomic E-state index is 12.7. The van der Waals surface area contributed by atoms with E-state index in [0.717, 1.165) is 63.3 Å². The highest BCUT2D eigenvalue weighted by Crippen LogP contribution is 2.37. The Morgan fingerprint density at radius 3 is 2.73 bits per heavy atom. The number of piperidine rings is 1. The largest absolute Gasteiger partial charge is 0.375 e. The van der Waals surface area contributed by atoms with E-state index in [4.69, 9.17) is 9.47 Å². The fourth-order valence-electron chi connectivity index (χ4n) is 3.87. The summed E-state index contributed by atoms with van der Waals surface area (Å²) in [6.45, 7) is 3.39. The number of likely N-dealkylation sites (tertiary alicyclic amines) is 1. The molecule has 5 heteroatoms. The highest BCUT2D eigenvalue weighted by molar-refractivity contribution is 7.14. The molecule has 120 valence electrons. The summed E-state index contributed by atoms with van der Waals surface area (Å²) in [6.07, 6.45) is 6.73. The van der Waals surface area contributed by atoms with Crippen molar-refractivity contribution in [3.05, 3.63) is 21.9 Å². The SMILES string of the molecule is O=C(c1ccc([C@H]2CCCO2)s1)N1CCC2(CCCO2)CC1. The average Bonchev–Trinajstić information content (AvgIpc) is 3.29. The van der Waals surface area contributed by atoms with Crippen LogP contribution in [0.25, 0.3) is 0 Å². The first-order valence-electron chi connectivity index (χ1n) is 8.40. The van der Waals surface area contributed by atoms with Crippen LogP contribution < -0.4 is 0 Å². The molecule has 3 aliphatic heterocycles. The summed E-state index contributed by atoms with van der Waals surface area (Å²) in [6, 6.07) is 4.04. The molecule has 0 aromatic carbocycles. The molecule has 1 spiro atoms. The van der Waals surface area contributed by atoms with E-state index in [0.29, 0.717) is 0 Å². The highest BCUT2D eigenvalue weighted by atomic mass is 32.1. The third-order valence-corrected chi connectivity index (χ3v) is 6.40. The van der Waals surface area contributed by atoms with Crippen molar-refractivity contribution in [3.8, 4) is 0 Å². The van der Waals surface area contributed by atoms with Gasteiger partial charge in [0.25, 0.3) is 5.91 Å². The van der Waals surface area contributed by atoms with Gasteiger partial charge in [0.15, 0.2) is 0 Å². The van der Waals surface area contributed by atoms with Crippen molar-refractivity contribution in [2.45, 2.75) is 50.2 Å². The molecule has 0 aliphatic carbocycles. The molecule has 3 saturated heterocycles. The lowest BCUT2D eigenvalue weighted by Gasteiger charge is -2.38. The Bertz CT molecular complexity index is 534. The van der Waals surface area contributed by atoms with E-state index in [9.17, 15) is 4.79 Å². The molecule has 3 aliphatic rings. The van der Waals surface area contributed by atoms with Gasteiger partial charge in [0, 0.05) is 31.2 Å². The van der Waals surface area contributed by atoms with E-state index in [1.807, 2.05) is 11.0 Å². The van der Waals surface area contributed by atoms with Gasteiger partial charge < -0.3 is 14.4 Å². The zero-order chi connectivity index (χ0) is 15.0. The molecular formula is C17H23NO3S. The zero-order valence-corrected chi connectivity index (χ0v) is 13.7. The number of carbonyl (C=O) groups is 1. The van der Waals surface area contributed by atoms with Crippen molar-refractivity contribution >= 4 is 17.2 Å². The maximum Gasteiger partial charge on any atom is 0.263 e. The normalized spacial score (nSPS) is 27.6. The van der Waals surface area contributed by atoms with Crippen molar-refractivity contribution in [1.29, 1.82) is 0 Å². The van der Waals surface area contributed by atoms with Gasteiger partial charge in [-0.2, -0.15) is 0 Å². The second kappa shape index (κ2) is 5.95. The summed E-state index contributed by atoms with van der Waals surface area (Å²) < 4.78 is 11.6. The number of thiophene rings is 1. The minimum absolute atomic E-state index is 0.0784. The van der Waals surface area contributed by atoms with Crippen LogP contribution in [0.15, 0.2) is 12.1 Å². The lowest BCUT2D eigenvalue weighted by atomic mass is 9.88. The van der Waals surface area contributed by atoms with E-state index in [1.165, 1.54) is 11.3 Å². The van der Waals surface area contributed by atoms with Crippen molar-refractivity contribution in [3.63, 3.8) is 0 Å². The standard InChI is InChI=1S/C17H23NO3S/c19-16(15-5-4-14(22-15)13-3-1-11-20-13)18-9-7-17(8-10-18)6-2-12-21-17/h4-5,13H,1-3,6-12H2/t13-/m1/s1. The van der Waals surface area contributed by atoms with E-state index in [2.05, 4.69) is 6.07 Å². The Kier molecular flexibility index (Phi) is 3.96. The van der Waals surface area contributed by atoms with Crippen LogP contribution in [0.3, 0.4) is 0 Å². The zero-order valence-electron chi connectivity index (χ0n) is 12.9. The van der Waals surface area contributed by atoms with Gasteiger partial charge in [-0.25, -0.2) is 0 Å². The first-order chi connectivity index (χ1) is 10.8. The van der Waals surface area contributed by atoms with Gasteiger partial charge in [0.05, 0.1) is 16.6 Å². The number of nitrogens with zero attached hydrogens (tertiary/aromatic N) is 1. The van der Waals surface area contributed by atoms with Crippen molar-refractivity contribution in [2.75, 3.05) is 26.3 Å². The van der Waals surface area contributed by atoms with Gasteiger partial charge in [0.1, 0.15) is 0 Å². The number of ether oxygens (including phenoxy) is 2. The highest BCUT2D eigenvalue weighted by Gasteiger charge is 2.39. The number of amides is 1. The Morgan fingerprint density at radius 2 is 2.05 bits per heavy atom. The van der Waals surface area contributed by atoms with Gasteiger partial charge in [-0.1, -0.05) is 0 Å². The maximum absolute atomic E-state index is 12.7. The van der Waals surface area contributed by atoms with E-state index < -0.39 is 0 Å². The van der Waals surface area contributed by atoms with Crippen LogP contribution >= 0.6 is 11.3 Å². The minimum Gasteiger partial charge on any atom is -0.375 e. The Balaban J connectivity index is 1.39. The van der Waals surface area contributed by atoms with Crippen molar-refractivity contribution in [2.24, 2.45) is 0 Å². The van der Waals surface area contributed by atoms with E-state index in [1.54, 1.807) is 11.3 Å². The van der Waals surface area contributed by atoms with Gasteiger partial charge in [-0.15, -0.1) is 11.3 Å². The van der Waals surface area contributed by atoms with Crippen molar-refractivity contribution in [1.82, 2.24) is 4.90 Å². The Morgan fingerprint density at radius 1 is 1.18 bits per heavy atom. The third kappa shape index (κ3) is 2.70. The van der Waals surface area contributed by atoms with Crippen LogP contribution in [0, 0.1) is 0 Å². The van der Waals surface area contributed by atoms with Gasteiger partial charge in [-0.05, 0) is 50.7 Å². The summed E-state index contributed by atoms with van der Waals surface area (Å²) in [4.78, 5) is 16.7. The number of hydrogen-bond acceptors (Lipinski definition) is 4. The average molecular weight is 321 g/mol. The fourth-order valence-corrected chi connectivity index (χ4v) is 4.93. The molecule has 0 radical (unpaired) electrons. The summed E-state index contributed by atoms with van der Waals surface area (Å²) in [5.74, 6) is 0.182. The summed E-state index contributed by atoms with van der Waals surface area (Å²) >= 11 is 1.61. The van der Waals surface area contributed by atoms with Crippen LogP contribution in [-0.2, 0) is 9.47 Å². The predicted molar refractivity (Wildman–Crippen MR) is 85.3 cm³/mol. The molecule has 0 bridgehead atoms. The lowest BCUT2D eigenvalue weighted by Crippen LogP contribution is -2.46. The molecule has 4 heterocycles. The van der Waals surface area contributed by atoms with Crippen molar-refractivity contribution < 1.29 is 14.3 Å². The van der Waals surface area contributed by atoms with Crippen LogP contribution in [0.2, 0.25) is 0 Å². The first kappa shape index (κ1) is 14.7. The molecule has 1 amide bonds. The van der Waals surface area contributed by atoms with Crippen LogP contribution in [0.1, 0.15) is 59.2 Å². The third-order valence-electron chi connectivity index (χ3n) is 5.23. The summed E-state index contributed by atoms with van der Waals surface area (Å²) in [5, 5.41) is 0. The summed E-state index contributed by atoms with van der Waals surface area (Å²) in [7, 11) is 0. The smallest absolute Gasteiger partial charge is 0.263 e. The van der Waals surface area contributed by atoms with E-state index in [-0.39, 0.29) is 17.6 Å². The van der Waals surface area contributed by atoms with Gasteiger partial charge >= 0.3 is 0 Å². The second-order valence-corrected chi connectivity index (χ2v) is 7.75. The van der Waals surface area contributed by atoms with Gasteiger partial charge in [-0.3, -0.25) is 4.79 Å². The molecule has 4 rings (SSSR count). The number of carbonyl (C=O) groups excluding carboxylic acids is 1. The lowest BCUT2D eigenvalue weighted by molar-refractivity contribution is -0.0386. The van der Waals surface area contributed by atoms with Crippen LogP contribution in [0.4, 0.5) is 0 Å². The van der Waals surface area contributed by atoms with Crippen LogP contribution in [0.5, 0.6) is 0 Å². The molecule has 4 nitrogen and oxygen atoms in total. The van der Waals surface area contributed by atoms with Gasteiger partial charge in [0.2, 0.25) is 0 Å². The minimum atomic E-state index is 0.0784. The van der Waals surface area contributed by atoms with E-state index >= 15 is 0 Å². The van der Waals surface area contributed by atoms with Crippen LogP contribution in [-0.4, -0.2) is 42.7 Å². The molecule has 1 atom stereocenters. The Hall–Kier alpha value is -0.910. The topological polar surface area (TPSA) is 38.8 Å². The molecule has 1 aromatic rings. The molecule has 0 unspecified atom stereocenters. The molecule has 3 fully saturated rings. The predicted octanol–water partition coefficient (Wildman–Crippen LogP) is 3.38. The second-order valence-electron chi connectivity index (χ2n) is 6.63. The summed E-state index contributed by atoms with van der Waals surface area (Å²) in [5.41, 5.74) is 0.0784. The quantitative estimate of drug-likeness (QED) is 0.838. The Labute approximate surface area is 135 Å². The molecule has 22 heavy (non-hydrogen) atoms. The molecule has 0 saturated carbocycles. The number of rotatable bonds is 2.